The lowest BCUT2D eigenvalue weighted by Gasteiger charge is -2.19. The molecule has 2 atom stereocenters. The van der Waals surface area contributed by atoms with Crippen molar-refractivity contribution in [2.75, 3.05) is 5.73 Å². The summed E-state index contributed by atoms with van der Waals surface area (Å²) in [5, 5.41) is 5.86. The molecule has 3 N–H and O–H groups in total. The Balaban J connectivity index is 1.77. The molecule has 1 heterocycles. The average molecular weight is 258 g/mol. The second-order valence-corrected chi connectivity index (χ2v) is 5.93. The van der Waals surface area contributed by atoms with Gasteiger partial charge in [0, 0.05) is 22.6 Å². The Morgan fingerprint density at radius 3 is 3.06 bits per heavy atom. The van der Waals surface area contributed by atoms with Gasteiger partial charge >= 0.3 is 0 Å². The standard InChI is InChI=1S/C15H18N2S/c1-10(15-3-2-8-18-15)17-14-7-4-11-9-12(16)5-6-13(11)14/h2-3,5-6,8-10,14,17H,4,7,16H2,1H3. The van der Waals surface area contributed by atoms with Crippen LogP contribution in [0.4, 0.5) is 5.69 Å². The van der Waals surface area contributed by atoms with Gasteiger partial charge in [-0.15, -0.1) is 11.3 Å². The topological polar surface area (TPSA) is 38.0 Å². The molecule has 0 bridgehead atoms. The van der Waals surface area contributed by atoms with Gasteiger partial charge in [-0.3, -0.25) is 0 Å². The number of fused-ring (bicyclic) bond motifs is 1. The molecule has 0 aliphatic heterocycles. The molecule has 1 aromatic carbocycles. The van der Waals surface area contributed by atoms with Crippen LogP contribution in [0.3, 0.4) is 0 Å². The van der Waals surface area contributed by atoms with Crippen molar-refractivity contribution in [1.29, 1.82) is 0 Å². The largest absolute Gasteiger partial charge is 0.399 e. The maximum atomic E-state index is 5.84. The lowest BCUT2D eigenvalue weighted by molar-refractivity contribution is 0.469. The summed E-state index contributed by atoms with van der Waals surface area (Å²) in [7, 11) is 0. The molecule has 2 nitrogen and oxygen atoms in total. The minimum absolute atomic E-state index is 0.415. The summed E-state index contributed by atoms with van der Waals surface area (Å²) < 4.78 is 0. The van der Waals surface area contributed by atoms with Crippen LogP contribution >= 0.6 is 11.3 Å². The predicted octanol–water partition coefficient (Wildman–Crippen LogP) is 3.67. The number of aryl methyl sites for hydroxylation is 1. The molecule has 3 rings (SSSR count). The third-order valence-corrected chi connectivity index (χ3v) is 4.72. The number of benzene rings is 1. The Kier molecular flexibility index (Phi) is 3.10. The molecule has 1 aliphatic rings. The van der Waals surface area contributed by atoms with E-state index in [0.29, 0.717) is 12.1 Å². The van der Waals surface area contributed by atoms with Gasteiger partial charge in [0.1, 0.15) is 0 Å². The summed E-state index contributed by atoms with van der Waals surface area (Å²) in [6.45, 7) is 2.24. The molecule has 1 aliphatic carbocycles. The average Bonchev–Trinajstić information content (AvgIpc) is 2.98. The summed E-state index contributed by atoms with van der Waals surface area (Å²) >= 11 is 1.82. The number of anilines is 1. The van der Waals surface area contributed by atoms with Gasteiger partial charge in [0.2, 0.25) is 0 Å². The molecule has 3 heteroatoms. The fourth-order valence-corrected chi connectivity index (χ4v) is 3.48. The summed E-state index contributed by atoms with van der Waals surface area (Å²) in [6, 6.07) is 11.5. The van der Waals surface area contributed by atoms with Gasteiger partial charge in [0.25, 0.3) is 0 Å². The molecule has 18 heavy (non-hydrogen) atoms. The maximum absolute atomic E-state index is 5.84. The Hall–Kier alpha value is -1.32. The number of nitrogens with one attached hydrogen (secondary N) is 1. The van der Waals surface area contributed by atoms with E-state index in [0.717, 1.165) is 12.1 Å². The Morgan fingerprint density at radius 2 is 2.28 bits per heavy atom. The van der Waals surface area contributed by atoms with E-state index in [1.165, 1.54) is 22.4 Å². The molecule has 2 aromatic rings. The normalized spacial score (nSPS) is 19.7. The number of thiophene rings is 1. The SMILES string of the molecule is CC(NC1CCc2cc(N)ccc21)c1cccs1. The highest BCUT2D eigenvalue weighted by atomic mass is 32.1. The first-order valence-electron chi connectivity index (χ1n) is 6.42. The van der Waals surface area contributed by atoms with Crippen molar-refractivity contribution in [2.45, 2.75) is 31.8 Å². The van der Waals surface area contributed by atoms with Gasteiger partial charge in [-0.1, -0.05) is 12.1 Å². The highest BCUT2D eigenvalue weighted by Gasteiger charge is 2.24. The fraction of sp³-hybridized carbons (Fsp3) is 0.333. The van der Waals surface area contributed by atoms with Gasteiger partial charge in [-0.25, -0.2) is 0 Å². The van der Waals surface area contributed by atoms with Crippen LogP contribution in [0.15, 0.2) is 35.7 Å². The third kappa shape index (κ3) is 2.16. The van der Waals surface area contributed by atoms with E-state index in [1.54, 1.807) is 0 Å². The maximum Gasteiger partial charge on any atom is 0.0391 e. The summed E-state index contributed by atoms with van der Waals surface area (Å²) in [6.07, 6.45) is 2.31. The van der Waals surface area contributed by atoms with Crippen LogP contribution < -0.4 is 11.1 Å². The van der Waals surface area contributed by atoms with Crippen LogP contribution in [0.2, 0.25) is 0 Å². The third-order valence-electron chi connectivity index (χ3n) is 3.67. The number of nitrogens with two attached hydrogens (primary N) is 1. The van der Waals surface area contributed by atoms with Crippen molar-refractivity contribution in [3.8, 4) is 0 Å². The zero-order valence-corrected chi connectivity index (χ0v) is 11.3. The zero-order chi connectivity index (χ0) is 12.5. The summed E-state index contributed by atoms with van der Waals surface area (Å²) in [4.78, 5) is 1.40. The first-order valence-corrected chi connectivity index (χ1v) is 7.30. The molecule has 1 aromatic heterocycles. The van der Waals surface area contributed by atoms with Crippen molar-refractivity contribution < 1.29 is 0 Å². The van der Waals surface area contributed by atoms with Gasteiger partial charge in [0.15, 0.2) is 0 Å². The van der Waals surface area contributed by atoms with Crippen LogP contribution in [0, 0.1) is 0 Å². The molecule has 94 valence electrons. The Labute approximate surface area is 112 Å². The number of nitrogen functional groups attached to an aromatic ring is 1. The Morgan fingerprint density at radius 1 is 1.39 bits per heavy atom. The highest BCUT2D eigenvalue weighted by Crippen LogP contribution is 2.34. The predicted molar refractivity (Wildman–Crippen MR) is 77.8 cm³/mol. The molecule has 0 spiro atoms. The number of hydrogen-bond donors (Lipinski definition) is 2. The van der Waals surface area contributed by atoms with Crippen LogP contribution in [-0.2, 0) is 6.42 Å². The van der Waals surface area contributed by atoms with Crippen molar-refractivity contribution in [3.05, 3.63) is 51.7 Å². The van der Waals surface area contributed by atoms with E-state index in [9.17, 15) is 0 Å². The molecule has 0 radical (unpaired) electrons. The monoisotopic (exact) mass is 258 g/mol. The molecule has 2 unspecified atom stereocenters. The van der Waals surface area contributed by atoms with Gasteiger partial charge in [0.05, 0.1) is 0 Å². The van der Waals surface area contributed by atoms with Crippen LogP contribution in [0.1, 0.15) is 41.4 Å². The molecule has 0 saturated carbocycles. The van der Waals surface area contributed by atoms with Crippen LogP contribution in [0.5, 0.6) is 0 Å². The van der Waals surface area contributed by atoms with E-state index >= 15 is 0 Å². The Bertz CT molecular complexity index is 533. The molecular weight excluding hydrogens is 240 g/mol. The number of hydrogen-bond acceptors (Lipinski definition) is 3. The minimum atomic E-state index is 0.415. The smallest absolute Gasteiger partial charge is 0.0391 e. The molecular formula is C15H18N2S. The minimum Gasteiger partial charge on any atom is -0.399 e. The van der Waals surface area contributed by atoms with E-state index in [-0.39, 0.29) is 0 Å². The van der Waals surface area contributed by atoms with E-state index in [1.807, 2.05) is 17.4 Å². The van der Waals surface area contributed by atoms with Crippen molar-refractivity contribution in [3.63, 3.8) is 0 Å². The summed E-state index contributed by atoms with van der Waals surface area (Å²) in [5.74, 6) is 0. The number of rotatable bonds is 3. The van der Waals surface area contributed by atoms with Crippen LogP contribution in [0.25, 0.3) is 0 Å². The van der Waals surface area contributed by atoms with Crippen LogP contribution in [-0.4, -0.2) is 0 Å². The lowest BCUT2D eigenvalue weighted by atomic mass is 10.1. The first-order chi connectivity index (χ1) is 8.74. The fourth-order valence-electron chi connectivity index (χ4n) is 2.73. The zero-order valence-electron chi connectivity index (χ0n) is 10.5. The lowest BCUT2D eigenvalue weighted by Crippen LogP contribution is -2.22. The van der Waals surface area contributed by atoms with Crippen molar-refractivity contribution in [1.82, 2.24) is 5.32 Å². The van der Waals surface area contributed by atoms with E-state index < -0.39 is 0 Å². The van der Waals surface area contributed by atoms with Gasteiger partial charge in [-0.2, -0.15) is 0 Å². The van der Waals surface area contributed by atoms with Crippen molar-refractivity contribution in [2.24, 2.45) is 0 Å². The van der Waals surface area contributed by atoms with Gasteiger partial charge < -0.3 is 11.1 Å². The second-order valence-electron chi connectivity index (χ2n) is 4.95. The highest BCUT2D eigenvalue weighted by molar-refractivity contribution is 7.10. The quantitative estimate of drug-likeness (QED) is 0.824. The first kappa shape index (κ1) is 11.8. The van der Waals surface area contributed by atoms with E-state index in [2.05, 4.69) is 41.9 Å². The van der Waals surface area contributed by atoms with E-state index in [4.69, 9.17) is 5.73 Å². The van der Waals surface area contributed by atoms with Gasteiger partial charge in [-0.05, 0) is 54.5 Å². The second kappa shape index (κ2) is 4.75. The molecule has 0 amide bonds. The van der Waals surface area contributed by atoms with Crippen molar-refractivity contribution >= 4 is 17.0 Å². The molecule has 0 fully saturated rings. The summed E-state index contributed by atoms with van der Waals surface area (Å²) in [5.41, 5.74) is 9.54. The molecule has 0 saturated heterocycles.